The lowest BCUT2D eigenvalue weighted by Gasteiger charge is -2.33. The van der Waals surface area contributed by atoms with E-state index in [4.69, 9.17) is 19.5 Å². The lowest BCUT2D eigenvalue weighted by atomic mass is 9.86. The van der Waals surface area contributed by atoms with Gasteiger partial charge in [0.1, 0.15) is 18.0 Å². The van der Waals surface area contributed by atoms with E-state index in [0.29, 0.717) is 23.8 Å². The van der Waals surface area contributed by atoms with Crippen LogP contribution in [-0.2, 0) is 33.0 Å². The second-order valence-corrected chi connectivity index (χ2v) is 12.3. The Bertz CT molecular complexity index is 1750. The van der Waals surface area contributed by atoms with Gasteiger partial charge in [0.2, 0.25) is 0 Å². The maximum Gasteiger partial charge on any atom is 0.408 e. The molecule has 1 aromatic carbocycles. The second kappa shape index (κ2) is 10.5. The summed E-state index contributed by atoms with van der Waals surface area (Å²) in [4.78, 5) is 51.2. The molecule has 0 bridgehead atoms. The molecule has 226 valence electrons. The largest absolute Gasteiger partial charge is 0.458 e. The number of hydrogen-bond donors (Lipinski definition) is 2. The van der Waals surface area contributed by atoms with E-state index in [1.165, 1.54) is 0 Å². The predicted octanol–water partition coefficient (Wildman–Crippen LogP) is 4.64. The molecule has 0 radical (unpaired) electrons. The lowest BCUT2D eigenvalue weighted by molar-refractivity contribution is -0.172. The van der Waals surface area contributed by atoms with Crippen LogP contribution in [0.15, 0.2) is 34.1 Å². The van der Waals surface area contributed by atoms with Gasteiger partial charge in [0.25, 0.3) is 5.56 Å². The molecule has 3 aromatic rings. The minimum atomic E-state index is -1.90. The molecule has 5 heterocycles. The number of ether oxygens (including phenoxy) is 2. The molecule has 43 heavy (non-hydrogen) atoms. The van der Waals surface area contributed by atoms with E-state index in [9.17, 15) is 19.5 Å². The topological polar surface area (TPSA) is 135 Å². The molecule has 0 saturated carbocycles. The van der Waals surface area contributed by atoms with Gasteiger partial charge in [0.15, 0.2) is 5.60 Å². The van der Waals surface area contributed by atoms with Gasteiger partial charge in [-0.3, -0.25) is 4.79 Å². The number of nitrogens with one attached hydrogen (secondary N) is 1. The average molecular weight is 588 g/mol. The molecule has 0 aliphatic carbocycles. The second-order valence-electron chi connectivity index (χ2n) is 12.3. The van der Waals surface area contributed by atoms with E-state index < -0.39 is 23.3 Å². The van der Waals surface area contributed by atoms with Crippen molar-refractivity contribution in [2.45, 2.75) is 84.7 Å². The molecule has 3 aliphatic rings. The fourth-order valence-electron chi connectivity index (χ4n) is 6.17. The molecule has 3 aliphatic heterocycles. The minimum absolute atomic E-state index is 0.0734. The van der Waals surface area contributed by atoms with Crippen molar-refractivity contribution in [3.05, 3.63) is 51.3 Å². The van der Waals surface area contributed by atoms with Crippen LogP contribution >= 0.6 is 0 Å². The van der Waals surface area contributed by atoms with Crippen molar-refractivity contribution in [2.24, 2.45) is 4.99 Å². The van der Waals surface area contributed by atoms with Gasteiger partial charge >= 0.3 is 12.1 Å². The van der Waals surface area contributed by atoms with Gasteiger partial charge in [-0.15, -0.1) is 0 Å². The Kier molecular flexibility index (Phi) is 7.03. The third-order valence-corrected chi connectivity index (χ3v) is 8.27. The van der Waals surface area contributed by atoms with Crippen molar-refractivity contribution in [1.82, 2.24) is 14.9 Å². The van der Waals surface area contributed by atoms with Crippen molar-refractivity contribution in [1.29, 1.82) is 0 Å². The number of alkyl carbamates (subject to hydrolysis) is 1. The van der Waals surface area contributed by atoms with Gasteiger partial charge < -0.3 is 29.4 Å². The number of aromatic nitrogens is 2. The molecule has 0 spiro atoms. The Morgan fingerprint density at radius 3 is 2.70 bits per heavy atom. The number of carbonyl (C=O) groups excluding carboxylic acids is 2. The number of aliphatic imine (C=N–C) groups is 1. The number of rotatable bonds is 7. The van der Waals surface area contributed by atoms with Gasteiger partial charge in [-0.1, -0.05) is 32.8 Å². The van der Waals surface area contributed by atoms with E-state index in [-0.39, 0.29) is 42.8 Å². The zero-order valence-corrected chi connectivity index (χ0v) is 25.2. The molecule has 6 rings (SSSR count). The van der Waals surface area contributed by atoms with Gasteiger partial charge in [-0.25, -0.2) is 19.6 Å². The summed E-state index contributed by atoms with van der Waals surface area (Å²) in [5.74, 6) is -0.0889. The smallest absolute Gasteiger partial charge is 0.408 e. The molecule has 2 aromatic heterocycles. The number of amidine groups is 1. The highest BCUT2D eigenvalue weighted by Crippen LogP contribution is 2.47. The average Bonchev–Trinajstić information content (AvgIpc) is 3.33. The number of hydrogen-bond acceptors (Lipinski definition) is 9. The molecule has 1 atom stereocenters. The Hall–Kier alpha value is -4.25. The van der Waals surface area contributed by atoms with Crippen molar-refractivity contribution in [2.75, 3.05) is 18.0 Å². The van der Waals surface area contributed by atoms with Crippen LogP contribution in [0, 0.1) is 0 Å². The maximum absolute atomic E-state index is 13.8. The van der Waals surface area contributed by atoms with Crippen molar-refractivity contribution in [3.8, 4) is 11.4 Å². The summed E-state index contributed by atoms with van der Waals surface area (Å²) in [7, 11) is 0. The first kappa shape index (κ1) is 28.9. The van der Waals surface area contributed by atoms with E-state index in [0.717, 1.165) is 47.1 Å². The highest BCUT2D eigenvalue weighted by molar-refractivity contribution is 6.16. The number of esters is 1. The van der Waals surface area contributed by atoms with Crippen LogP contribution < -0.4 is 15.8 Å². The normalized spacial score (nSPS) is 18.5. The quantitative estimate of drug-likeness (QED) is 0.236. The van der Waals surface area contributed by atoms with Crippen molar-refractivity contribution in [3.63, 3.8) is 0 Å². The summed E-state index contributed by atoms with van der Waals surface area (Å²) in [5.41, 5.74) is 2.10. The summed E-state index contributed by atoms with van der Waals surface area (Å²) in [6.07, 6.45) is 2.48. The van der Waals surface area contributed by atoms with Crippen LogP contribution in [0.1, 0.15) is 77.0 Å². The Morgan fingerprint density at radius 2 is 1.98 bits per heavy atom. The fraction of sp³-hybridized carbons (Fsp3) is 0.469. The molecule has 11 heteroatoms. The number of nitrogens with zero attached hydrogens (tertiary/aromatic N) is 4. The maximum atomic E-state index is 13.8. The summed E-state index contributed by atoms with van der Waals surface area (Å²) in [5, 5.41) is 15.0. The molecule has 2 N–H and O–H groups in total. The highest BCUT2D eigenvalue weighted by Gasteiger charge is 2.46. The van der Waals surface area contributed by atoms with Crippen LogP contribution in [0.25, 0.3) is 22.3 Å². The number of fused-ring (bicyclic) bond motifs is 5. The first-order chi connectivity index (χ1) is 20.5. The zero-order valence-electron chi connectivity index (χ0n) is 25.2. The number of cyclic esters (lactones) is 1. The lowest BCUT2D eigenvalue weighted by Crippen LogP contribution is -2.44. The highest BCUT2D eigenvalue weighted by atomic mass is 16.6. The van der Waals surface area contributed by atoms with Crippen LogP contribution in [0.3, 0.4) is 0 Å². The number of benzene rings is 1. The standard InChI is InChI=1S/C32H37N5O6/c1-6-8-9-13-36-24(15-33-30(40)43-31(3,4)5)34-21-11-10-12-22-25(21)27(36)18-16-37-23(26(18)35-22)14-20-19(28(37)38)17-42-29(39)32(20,41)7-2/h10-12,14,41H,6-9,13,15-17H2,1-5H3,(H,33,40)/t32-/m0/s1. The van der Waals surface area contributed by atoms with Gasteiger partial charge in [-0.05, 0) is 51.8 Å². The Morgan fingerprint density at radius 1 is 1.19 bits per heavy atom. The molecule has 1 amide bonds. The summed E-state index contributed by atoms with van der Waals surface area (Å²) in [6, 6.07) is 7.46. The van der Waals surface area contributed by atoms with E-state index in [2.05, 4.69) is 17.1 Å². The molecular weight excluding hydrogens is 550 g/mol. The third-order valence-electron chi connectivity index (χ3n) is 8.27. The number of pyridine rings is 2. The monoisotopic (exact) mass is 587 g/mol. The van der Waals surface area contributed by atoms with Crippen molar-refractivity contribution >= 4 is 40.2 Å². The van der Waals surface area contributed by atoms with Crippen LogP contribution in [0.5, 0.6) is 0 Å². The summed E-state index contributed by atoms with van der Waals surface area (Å²) < 4.78 is 12.4. The van der Waals surface area contributed by atoms with E-state index in [1.54, 1.807) is 17.6 Å². The number of amides is 1. The van der Waals surface area contributed by atoms with Gasteiger partial charge in [-0.2, -0.15) is 0 Å². The SMILES string of the molecule is CCCCCN1C(CNC(=O)OC(C)(C)C)=Nc2cccc3nc4c(c1c23)Cn1c-4cc2c(c1=O)COC(=O)[C@]2(O)CC. The van der Waals surface area contributed by atoms with Crippen LogP contribution in [-0.4, -0.2) is 51.2 Å². The Labute approximate surface area is 249 Å². The first-order valence-corrected chi connectivity index (χ1v) is 14.9. The predicted molar refractivity (Wildman–Crippen MR) is 163 cm³/mol. The summed E-state index contributed by atoms with van der Waals surface area (Å²) >= 11 is 0. The number of aliphatic hydroxyl groups is 1. The van der Waals surface area contributed by atoms with Crippen LogP contribution in [0.2, 0.25) is 0 Å². The Balaban J connectivity index is 1.50. The van der Waals surface area contributed by atoms with E-state index >= 15 is 0 Å². The minimum Gasteiger partial charge on any atom is -0.458 e. The molecule has 0 fully saturated rings. The molecule has 0 unspecified atom stereocenters. The molecule has 0 saturated heterocycles. The third kappa shape index (κ3) is 4.75. The number of anilines is 1. The molecular formula is C32H37N5O6. The van der Waals surface area contributed by atoms with Gasteiger partial charge in [0, 0.05) is 17.7 Å². The number of carbonyl (C=O) groups is 2. The zero-order chi connectivity index (χ0) is 30.7. The summed E-state index contributed by atoms with van der Waals surface area (Å²) in [6.45, 7) is 10.2. The van der Waals surface area contributed by atoms with E-state index in [1.807, 2.05) is 39.0 Å². The van der Waals surface area contributed by atoms with Crippen LogP contribution in [0.4, 0.5) is 16.2 Å². The van der Waals surface area contributed by atoms with Crippen molar-refractivity contribution < 1.29 is 24.2 Å². The van der Waals surface area contributed by atoms with Gasteiger partial charge in [0.05, 0.1) is 52.3 Å². The number of unbranched alkanes of at least 4 members (excludes halogenated alkanes) is 2. The fourth-order valence-corrected chi connectivity index (χ4v) is 6.17. The first-order valence-electron chi connectivity index (χ1n) is 14.9. The molecule has 11 nitrogen and oxygen atoms in total.